The molecule has 3 fully saturated rings. The number of ether oxygens (including phenoxy) is 4. The zero-order chi connectivity index (χ0) is 47.5. The van der Waals surface area contributed by atoms with Crippen LogP contribution < -0.4 is 9.64 Å². The second-order valence-corrected chi connectivity index (χ2v) is 25.8. The van der Waals surface area contributed by atoms with Gasteiger partial charge in [0, 0.05) is 102 Å². The molecule has 1 saturated carbocycles. The number of esters is 3. The van der Waals surface area contributed by atoms with Crippen LogP contribution in [0.4, 0.5) is 14.5 Å². The topological polar surface area (TPSA) is 134 Å². The molecule has 6 aliphatic rings. The summed E-state index contributed by atoms with van der Waals surface area (Å²) in [6.45, 7) is 13.3. The molecule has 2 aromatic carbocycles. The minimum absolute atomic E-state index is 0.129. The fourth-order valence-corrected chi connectivity index (χ4v) is 14.3. The maximum Gasteiger partial charge on any atom is 0.344 e. The first-order valence-electron chi connectivity index (χ1n) is 23.4. The van der Waals surface area contributed by atoms with Crippen molar-refractivity contribution >= 4 is 42.6 Å². The Kier molecular flexibility index (Phi) is 11.2. The number of piperidine rings is 1. The van der Waals surface area contributed by atoms with Gasteiger partial charge in [-0.1, -0.05) is 44.6 Å². The van der Waals surface area contributed by atoms with Crippen LogP contribution in [0, 0.1) is 28.7 Å². The number of hydrogen-bond donors (Lipinski definition) is 2. The van der Waals surface area contributed by atoms with Crippen LogP contribution in [0.3, 0.4) is 0 Å². The van der Waals surface area contributed by atoms with Gasteiger partial charge in [-0.25, -0.2) is 13.6 Å². The number of carbonyl (C=O) groups excluding carboxylic acids is 3. The molecular formula is C51H64F2N4O8Si. The monoisotopic (exact) mass is 926 g/mol. The van der Waals surface area contributed by atoms with Crippen molar-refractivity contribution in [1.82, 2.24) is 14.8 Å². The molecule has 15 heteroatoms. The third kappa shape index (κ3) is 6.62. The Bertz CT molecular complexity index is 2590. The van der Waals surface area contributed by atoms with Gasteiger partial charge in [-0.2, -0.15) is 0 Å². The number of aliphatic hydroxyl groups is 1. The number of anilines is 1. The number of halogens is 2. The molecule has 1 aliphatic carbocycles. The second kappa shape index (κ2) is 15.9. The van der Waals surface area contributed by atoms with Gasteiger partial charge in [0.1, 0.15) is 19.2 Å². The molecule has 6 heterocycles. The largest absolute Gasteiger partial charge is 0.496 e. The number of likely N-dealkylation sites (N-methyl/N-ethyl adjacent to an activating group) is 1. The quantitative estimate of drug-likeness (QED) is 0.0904. The van der Waals surface area contributed by atoms with E-state index in [1.54, 1.807) is 7.11 Å². The first-order valence-corrected chi connectivity index (χ1v) is 26.9. The highest BCUT2D eigenvalue weighted by Crippen LogP contribution is 2.68. The number of carbonyl (C=O) groups is 3. The summed E-state index contributed by atoms with van der Waals surface area (Å²) < 4.78 is 55.1. The summed E-state index contributed by atoms with van der Waals surface area (Å²) in [5.41, 5.74) is 2.58. The third-order valence-corrected chi connectivity index (χ3v) is 17.1. The molecule has 2 saturated heterocycles. The van der Waals surface area contributed by atoms with E-state index in [1.807, 2.05) is 55.3 Å². The number of nitrogens with zero attached hydrogens (tertiary/aromatic N) is 3. The molecule has 2 N–H and O–H groups in total. The first kappa shape index (κ1) is 46.4. The van der Waals surface area contributed by atoms with Crippen LogP contribution in [0.1, 0.15) is 74.4 Å². The van der Waals surface area contributed by atoms with E-state index in [-0.39, 0.29) is 31.3 Å². The molecule has 0 amide bonds. The molecule has 9 rings (SSSR count). The summed E-state index contributed by atoms with van der Waals surface area (Å²) in [5.74, 6) is -2.61. The number of benzene rings is 2. The van der Waals surface area contributed by atoms with E-state index < -0.39 is 71.8 Å². The van der Waals surface area contributed by atoms with E-state index in [0.717, 1.165) is 34.5 Å². The van der Waals surface area contributed by atoms with E-state index in [0.29, 0.717) is 68.1 Å². The highest BCUT2D eigenvalue weighted by Gasteiger charge is 2.80. The van der Waals surface area contributed by atoms with Crippen LogP contribution in [-0.2, 0) is 45.8 Å². The molecule has 5 aliphatic heterocycles. The number of aromatic amines is 1. The zero-order valence-electron chi connectivity index (χ0n) is 39.9. The van der Waals surface area contributed by atoms with Crippen LogP contribution >= 0.6 is 0 Å². The Hall–Kier alpha value is -4.75. The van der Waals surface area contributed by atoms with Gasteiger partial charge in [-0.3, -0.25) is 14.5 Å². The number of alkyl halides is 2. The summed E-state index contributed by atoms with van der Waals surface area (Å²) in [4.78, 5) is 53.2. The van der Waals surface area contributed by atoms with Crippen LogP contribution in [-0.4, -0.2) is 137 Å². The van der Waals surface area contributed by atoms with Gasteiger partial charge in [0.15, 0.2) is 6.10 Å². The van der Waals surface area contributed by atoms with Crippen LogP contribution in [0.2, 0.25) is 19.6 Å². The average molecular weight is 927 g/mol. The molecule has 6 unspecified atom stereocenters. The van der Waals surface area contributed by atoms with Crippen LogP contribution in [0.5, 0.6) is 5.75 Å². The van der Waals surface area contributed by atoms with E-state index in [2.05, 4.69) is 52.0 Å². The number of methoxy groups -OCH3 is 3. The molecule has 10 atom stereocenters. The summed E-state index contributed by atoms with van der Waals surface area (Å²) in [6.07, 6.45) is 4.43. The number of H-pyrrole nitrogens is 1. The van der Waals surface area contributed by atoms with Crippen LogP contribution in [0.25, 0.3) is 10.9 Å². The van der Waals surface area contributed by atoms with E-state index in [4.69, 9.17) is 18.9 Å². The van der Waals surface area contributed by atoms with Crippen molar-refractivity contribution in [3.8, 4) is 17.2 Å². The summed E-state index contributed by atoms with van der Waals surface area (Å²) in [7, 11) is 4.23. The third-order valence-electron chi connectivity index (χ3n) is 16.2. The first-order chi connectivity index (χ1) is 31.1. The zero-order valence-corrected chi connectivity index (χ0v) is 40.9. The molecule has 12 nitrogen and oxygen atoms in total. The van der Waals surface area contributed by atoms with Gasteiger partial charge in [-0.05, 0) is 86.9 Å². The van der Waals surface area contributed by atoms with Gasteiger partial charge in [-0.15, -0.1) is 5.54 Å². The fraction of sp³-hybridized carbons (Fsp3) is 0.588. The molecule has 1 spiro atoms. The predicted octanol–water partition coefficient (Wildman–Crippen LogP) is 6.35. The van der Waals surface area contributed by atoms with Crippen molar-refractivity contribution in [2.24, 2.45) is 17.3 Å². The molecule has 3 aromatic rings. The number of fused-ring (bicyclic) bond motifs is 6. The minimum Gasteiger partial charge on any atom is -0.496 e. The van der Waals surface area contributed by atoms with Gasteiger partial charge in [0.25, 0.3) is 0 Å². The molecule has 0 radical (unpaired) electrons. The summed E-state index contributed by atoms with van der Waals surface area (Å²) in [5, 5.41) is 14.3. The molecule has 2 bridgehead atoms. The lowest BCUT2D eigenvalue weighted by atomic mass is 9.47. The van der Waals surface area contributed by atoms with Crippen molar-refractivity contribution in [3.05, 3.63) is 70.4 Å². The van der Waals surface area contributed by atoms with Crippen molar-refractivity contribution in [1.29, 1.82) is 0 Å². The highest BCUT2D eigenvalue weighted by atomic mass is 28.3. The Balaban J connectivity index is 1.36. The molecule has 354 valence electrons. The Morgan fingerprint density at radius 3 is 2.41 bits per heavy atom. The number of aromatic nitrogens is 1. The smallest absolute Gasteiger partial charge is 0.344 e. The average Bonchev–Trinajstić information content (AvgIpc) is 3.93. The number of nitrogens with one attached hydrogen (secondary N) is 1. The molecule has 1 aromatic heterocycles. The van der Waals surface area contributed by atoms with Gasteiger partial charge >= 0.3 is 17.9 Å². The van der Waals surface area contributed by atoms with Crippen molar-refractivity contribution in [3.63, 3.8) is 0 Å². The van der Waals surface area contributed by atoms with Crippen molar-refractivity contribution < 1.29 is 47.2 Å². The summed E-state index contributed by atoms with van der Waals surface area (Å²) in [6, 6.07) is 8.60. The van der Waals surface area contributed by atoms with E-state index >= 15 is 13.6 Å². The lowest BCUT2D eigenvalue weighted by Crippen LogP contribution is -2.81. The lowest BCUT2D eigenvalue weighted by Gasteiger charge is -2.63. The fourth-order valence-electron chi connectivity index (χ4n) is 13.8. The maximum atomic E-state index is 15.5. The Morgan fingerprint density at radius 1 is 1.02 bits per heavy atom. The van der Waals surface area contributed by atoms with Crippen molar-refractivity contribution in [2.45, 2.75) is 113 Å². The normalized spacial score (nSPS) is 33.5. The Labute approximate surface area is 387 Å². The Morgan fingerprint density at radius 2 is 1.76 bits per heavy atom. The molecular weight excluding hydrogens is 863 g/mol. The SMILES string of the molecule is CC[C@@]12C=CCN3CCC4(c5cc([C@@]6(C(=O)OC)CC7CC(C(C)(F)F)CN(CCc8c6[nH]c6ccc(C#C[Si](C)(C)C)cc86)C7)c(OC)cc5N(C)C4[C@](O)(C(=O)OC)[C@H]1OC(C)=O)C32. The van der Waals surface area contributed by atoms with Crippen molar-refractivity contribution in [2.75, 3.05) is 66.0 Å². The van der Waals surface area contributed by atoms with Gasteiger partial charge in [0.2, 0.25) is 11.5 Å². The second-order valence-electron chi connectivity index (χ2n) is 21.1. The standard InChI is InChI=1S/C51H64F2N4O8Si/c1-11-48-17-12-19-57-21-18-49(42(48)57)36-25-37(40(62-5)26-39(36)55(4)43(49)51(61,46(60)64-7)44(48)65-30(2)58)50(45(59)63-6)27-32-23-33(47(3,52)53)29-56(28-32)20-15-34-35-24-31(16-22-66(8,9)10)13-14-38(35)54-41(34)50/h12-14,17,24-26,32-33,42-44,54,61H,11,15,18-21,23,27-29H2,1-10H3/t32?,33?,42?,43?,44-,48-,49?,50-,51+/m0/s1. The molecule has 66 heavy (non-hydrogen) atoms. The van der Waals surface area contributed by atoms with E-state index in [1.165, 1.54) is 21.1 Å². The van der Waals surface area contributed by atoms with Gasteiger partial charge < -0.3 is 38.8 Å². The minimum atomic E-state index is -2.95. The number of rotatable bonds is 7. The lowest BCUT2D eigenvalue weighted by molar-refractivity contribution is -0.228. The maximum absolute atomic E-state index is 15.5. The highest BCUT2D eigenvalue weighted by molar-refractivity contribution is 6.83. The summed E-state index contributed by atoms with van der Waals surface area (Å²) >= 11 is 0. The number of hydrogen-bond acceptors (Lipinski definition) is 11. The van der Waals surface area contributed by atoms with Gasteiger partial charge in [0.05, 0.1) is 27.4 Å². The van der Waals surface area contributed by atoms with Crippen LogP contribution in [0.15, 0.2) is 42.5 Å². The van der Waals surface area contributed by atoms with E-state index in [9.17, 15) is 14.7 Å². The predicted molar refractivity (Wildman–Crippen MR) is 250 cm³/mol.